The minimum absolute atomic E-state index is 0.0931. The van der Waals surface area contributed by atoms with E-state index in [4.69, 9.17) is 4.74 Å². The summed E-state index contributed by atoms with van der Waals surface area (Å²) in [4.78, 5) is 1.24. The molecule has 29 heavy (non-hydrogen) atoms. The molecule has 0 aliphatic heterocycles. The van der Waals surface area contributed by atoms with Crippen LogP contribution in [0.5, 0.6) is 5.75 Å². The fourth-order valence-electron chi connectivity index (χ4n) is 3.32. The number of hydrogen-bond acceptors (Lipinski definition) is 5. The van der Waals surface area contributed by atoms with Crippen molar-refractivity contribution in [2.24, 2.45) is 0 Å². The van der Waals surface area contributed by atoms with Crippen LogP contribution >= 0.6 is 11.3 Å². The predicted molar refractivity (Wildman–Crippen MR) is 120 cm³/mol. The molecular weight excluding hydrogens is 384 g/mol. The van der Waals surface area contributed by atoms with Gasteiger partial charge in [0.05, 0.1) is 18.8 Å². The number of thiophene rings is 1. The number of hydrogen-bond donors (Lipinski definition) is 3. The van der Waals surface area contributed by atoms with Gasteiger partial charge in [0.2, 0.25) is 0 Å². The Labute approximate surface area is 178 Å². The Morgan fingerprint density at radius 3 is 2.41 bits per heavy atom. The molecule has 0 saturated carbocycles. The minimum Gasteiger partial charge on any atom is -0.489 e. The fraction of sp³-hybridized carbons (Fsp3) is 0.500. The number of ether oxygens (including phenoxy) is 1. The van der Waals surface area contributed by atoms with E-state index < -0.39 is 5.60 Å². The SMILES string of the molecule is CCC(=CCCC(O)(CC)CC)c1cc(COc2ccc(CO)c(CO)c2)cs1. The predicted octanol–water partition coefficient (Wildman–Crippen LogP) is 5.44. The lowest BCUT2D eigenvalue weighted by Gasteiger charge is -2.24. The zero-order valence-corrected chi connectivity index (χ0v) is 18.6. The van der Waals surface area contributed by atoms with E-state index in [1.165, 1.54) is 10.5 Å². The van der Waals surface area contributed by atoms with Crippen LogP contribution in [0.4, 0.5) is 0 Å². The molecule has 0 aliphatic carbocycles. The molecule has 0 spiro atoms. The Balaban J connectivity index is 1.99. The van der Waals surface area contributed by atoms with Crippen LogP contribution in [0.25, 0.3) is 5.57 Å². The van der Waals surface area contributed by atoms with Crippen LogP contribution in [-0.4, -0.2) is 20.9 Å². The first-order chi connectivity index (χ1) is 14.0. The molecule has 0 bridgehead atoms. The molecule has 0 saturated heterocycles. The Kier molecular flexibility index (Phi) is 9.37. The standard InChI is InChI=1S/C24H34O4S/c1-4-19(8-7-11-24(27,5-2)6-3)23-12-18(17-29-23)16-28-22-10-9-20(14-25)21(13-22)15-26/h8-10,12-13,17,25-27H,4-7,11,14-16H2,1-3H3. The van der Waals surface area contributed by atoms with Crippen LogP contribution in [-0.2, 0) is 19.8 Å². The maximum Gasteiger partial charge on any atom is 0.120 e. The number of aliphatic hydroxyl groups is 3. The van der Waals surface area contributed by atoms with Crippen molar-refractivity contribution in [3.8, 4) is 5.75 Å². The third kappa shape index (κ3) is 6.68. The van der Waals surface area contributed by atoms with E-state index in [0.29, 0.717) is 23.5 Å². The summed E-state index contributed by atoms with van der Waals surface area (Å²) in [7, 11) is 0. The molecule has 0 amide bonds. The number of rotatable bonds is 12. The molecule has 3 N–H and O–H groups in total. The summed E-state index contributed by atoms with van der Waals surface area (Å²) in [6, 6.07) is 7.54. The summed E-state index contributed by atoms with van der Waals surface area (Å²) in [6.45, 7) is 6.49. The highest BCUT2D eigenvalue weighted by Crippen LogP contribution is 2.29. The highest BCUT2D eigenvalue weighted by atomic mass is 32.1. The molecule has 2 aromatic rings. The zero-order chi connectivity index (χ0) is 21.3. The molecule has 0 unspecified atom stereocenters. The van der Waals surface area contributed by atoms with Crippen LogP contribution in [0.15, 0.2) is 35.7 Å². The van der Waals surface area contributed by atoms with E-state index in [9.17, 15) is 15.3 Å². The van der Waals surface area contributed by atoms with Crippen molar-refractivity contribution in [1.82, 2.24) is 0 Å². The smallest absolute Gasteiger partial charge is 0.120 e. The third-order valence-corrected chi connectivity index (χ3v) is 6.65. The van der Waals surface area contributed by atoms with Crippen LogP contribution in [0.1, 0.15) is 74.4 Å². The Hall–Kier alpha value is -1.66. The summed E-state index contributed by atoms with van der Waals surface area (Å²) in [5, 5.41) is 31.3. The van der Waals surface area contributed by atoms with Crippen molar-refractivity contribution in [1.29, 1.82) is 0 Å². The van der Waals surface area contributed by atoms with Crippen molar-refractivity contribution in [3.63, 3.8) is 0 Å². The highest BCUT2D eigenvalue weighted by Gasteiger charge is 2.20. The molecule has 0 fully saturated rings. The average molecular weight is 419 g/mol. The second-order valence-corrected chi connectivity index (χ2v) is 8.32. The topological polar surface area (TPSA) is 69.9 Å². The van der Waals surface area contributed by atoms with E-state index in [2.05, 4.69) is 24.4 Å². The van der Waals surface area contributed by atoms with Gasteiger partial charge in [0, 0.05) is 10.4 Å². The lowest BCUT2D eigenvalue weighted by Crippen LogP contribution is -2.25. The van der Waals surface area contributed by atoms with E-state index in [1.54, 1.807) is 23.5 Å². The van der Waals surface area contributed by atoms with Crippen molar-refractivity contribution in [2.75, 3.05) is 0 Å². The normalized spacial score (nSPS) is 12.4. The largest absolute Gasteiger partial charge is 0.489 e. The maximum atomic E-state index is 10.5. The minimum atomic E-state index is -0.553. The number of benzene rings is 1. The van der Waals surface area contributed by atoms with Crippen LogP contribution in [0.3, 0.4) is 0 Å². The molecule has 0 atom stereocenters. The van der Waals surface area contributed by atoms with E-state index in [-0.39, 0.29) is 13.2 Å². The lowest BCUT2D eigenvalue weighted by molar-refractivity contribution is 0.0246. The molecule has 4 nitrogen and oxygen atoms in total. The Morgan fingerprint density at radius 2 is 1.79 bits per heavy atom. The van der Waals surface area contributed by atoms with Gasteiger partial charge in [-0.15, -0.1) is 11.3 Å². The van der Waals surface area contributed by atoms with Crippen LogP contribution in [0.2, 0.25) is 0 Å². The summed E-state index contributed by atoms with van der Waals surface area (Å²) in [5.41, 5.74) is 3.27. The van der Waals surface area contributed by atoms with Gasteiger partial charge in [0.15, 0.2) is 0 Å². The number of allylic oxidation sites excluding steroid dienone is 2. The quantitative estimate of drug-likeness (QED) is 0.429. The Morgan fingerprint density at radius 1 is 1.07 bits per heavy atom. The van der Waals surface area contributed by atoms with Crippen LogP contribution < -0.4 is 4.74 Å². The second kappa shape index (κ2) is 11.5. The molecular formula is C24H34O4S. The van der Waals surface area contributed by atoms with Crippen molar-refractivity contribution in [3.05, 3.63) is 57.3 Å². The van der Waals surface area contributed by atoms with Gasteiger partial charge < -0.3 is 20.1 Å². The third-order valence-electron chi connectivity index (χ3n) is 5.59. The van der Waals surface area contributed by atoms with Crippen molar-refractivity contribution < 1.29 is 20.1 Å². The molecule has 1 aromatic carbocycles. The van der Waals surface area contributed by atoms with Gasteiger partial charge in [-0.25, -0.2) is 0 Å². The van der Waals surface area contributed by atoms with Gasteiger partial charge in [-0.3, -0.25) is 0 Å². The number of aliphatic hydroxyl groups excluding tert-OH is 2. The molecule has 0 radical (unpaired) electrons. The molecule has 1 aromatic heterocycles. The first kappa shape index (κ1) is 23.6. The van der Waals surface area contributed by atoms with Gasteiger partial charge in [-0.2, -0.15) is 0 Å². The van der Waals surface area contributed by atoms with Crippen molar-refractivity contribution >= 4 is 16.9 Å². The summed E-state index contributed by atoms with van der Waals surface area (Å²) < 4.78 is 5.88. The summed E-state index contributed by atoms with van der Waals surface area (Å²) >= 11 is 1.72. The average Bonchev–Trinajstić information content (AvgIpc) is 3.23. The molecule has 5 heteroatoms. The van der Waals surface area contributed by atoms with Gasteiger partial charge in [0.1, 0.15) is 12.4 Å². The van der Waals surface area contributed by atoms with E-state index >= 15 is 0 Å². The van der Waals surface area contributed by atoms with Gasteiger partial charge in [0.25, 0.3) is 0 Å². The first-order valence-corrected chi connectivity index (χ1v) is 11.3. The van der Waals surface area contributed by atoms with Gasteiger partial charge in [-0.1, -0.05) is 32.9 Å². The lowest BCUT2D eigenvalue weighted by atomic mass is 9.91. The van der Waals surface area contributed by atoms with Gasteiger partial charge in [-0.05, 0) is 72.4 Å². The first-order valence-electron chi connectivity index (χ1n) is 10.4. The van der Waals surface area contributed by atoms with Crippen molar-refractivity contribution in [2.45, 2.75) is 78.3 Å². The summed E-state index contributed by atoms with van der Waals surface area (Å²) in [5.74, 6) is 0.684. The summed E-state index contributed by atoms with van der Waals surface area (Å²) in [6.07, 6.45) is 6.47. The molecule has 0 aliphatic rings. The van der Waals surface area contributed by atoms with Crippen LogP contribution in [0, 0.1) is 0 Å². The van der Waals surface area contributed by atoms with E-state index in [1.807, 2.05) is 19.9 Å². The van der Waals surface area contributed by atoms with E-state index in [0.717, 1.165) is 37.7 Å². The monoisotopic (exact) mass is 418 g/mol. The molecule has 2 rings (SSSR count). The maximum absolute atomic E-state index is 10.5. The molecule has 1 heterocycles. The highest BCUT2D eigenvalue weighted by molar-refractivity contribution is 7.11. The molecule has 160 valence electrons. The Bertz CT molecular complexity index is 790. The second-order valence-electron chi connectivity index (χ2n) is 7.41. The zero-order valence-electron chi connectivity index (χ0n) is 17.8. The van der Waals surface area contributed by atoms with Gasteiger partial charge >= 0.3 is 0 Å². The fourth-order valence-corrected chi connectivity index (χ4v) is 4.33.